The highest BCUT2D eigenvalue weighted by atomic mass is 79.9. The summed E-state index contributed by atoms with van der Waals surface area (Å²) in [5.74, 6) is -0.502. The van der Waals surface area contributed by atoms with E-state index in [0.29, 0.717) is 29.5 Å². The summed E-state index contributed by atoms with van der Waals surface area (Å²) in [6, 6.07) is 4.33. The molecule has 2 aliphatic rings. The summed E-state index contributed by atoms with van der Waals surface area (Å²) < 4.78 is 19.5. The van der Waals surface area contributed by atoms with Crippen LogP contribution < -0.4 is 5.32 Å². The number of carbonyl (C=O) groups excluding carboxylic acids is 2. The number of aliphatic hydroxyl groups excluding tert-OH is 1. The van der Waals surface area contributed by atoms with Gasteiger partial charge in [-0.15, -0.1) is 0 Å². The molecule has 3 rings (SSSR count). The zero-order valence-corrected chi connectivity index (χ0v) is 17.3. The number of rotatable bonds is 5. The van der Waals surface area contributed by atoms with Crippen molar-refractivity contribution in [2.45, 2.75) is 37.9 Å². The molecule has 9 heteroatoms. The minimum Gasteiger partial charge on any atom is -0.453 e. The van der Waals surface area contributed by atoms with Gasteiger partial charge in [-0.2, -0.15) is 0 Å². The summed E-state index contributed by atoms with van der Waals surface area (Å²) >= 11 is 3.22. The number of urea groups is 1. The molecule has 0 aromatic heterocycles. The van der Waals surface area contributed by atoms with Crippen LogP contribution in [0.5, 0.6) is 0 Å². The molecule has 2 N–H and O–H groups in total. The van der Waals surface area contributed by atoms with Crippen molar-refractivity contribution < 1.29 is 23.8 Å². The number of halogens is 2. The Morgan fingerprint density at radius 2 is 2.11 bits per heavy atom. The van der Waals surface area contributed by atoms with E-state index in [2.05, 4.69) is 21.2 Å². The number of nitrogens with zero attached hydrogens (tertiary/aromatic N) is 2. The highest BCUT2D eigenvalue weighted by Crippen LogP contribution is 2.33. The monoisotopic (exact) mass is 457 g/mol. The molecule has 1 aromatic carbocycles. The van der Waals surface area contributed by atoms with E-state index in [1.165, 1.54) is 18.1 Å². The van der Waals surface area contributed by atoms with Crippen LogP contribution in [-0.2, 0) is 11.3 Å². The quantitative estimate of drug-likeness (QED) is 0.711. The molecule has 28 heavy (non-hydrogen) atoms. The van der Waals surface area contributed by atoms with Gasteiger partial charge >= 0.3 is 12.1 Å². The smallest absolute Gasteiger partial charge is 0.409 e. The van der Waals surface area contributed by atoms with Crippen LogP contribution in [0.15, 0.2) is 22.7 Å². The topological polar surface area (TPSA) is 82.1 Å². The van der Waals surface area contributed by atoms with Crippen molar-refractivity contribution in [2.75, 3.05) is 26.8 Å². The SMILES string of the molecule is COC(=O)N1CC(CO)CC(N(C(=O)NCc2ccc(Br)cc2F)C2CC2)C1. The third-order valence-corrected chi connectivity index (χ3v) is 5.71. The fourth-order valence-electron chi connectivity index (χ4n) is 3.70. The third-order valence-electron chi connectivity index (χ3n) is 5.22. The largest absolute Gasteiger partial charge is 0.453 e. The lowest BCUT2D eigenvalue weighted by atomic mass is 9.94. The van der Waals surface area contributed by atoms with E-state index in [4.69, 9.17) is 4.74 Å². The average Bonchev–Trinajstić information content (AvgIpc) is 3.51. The lowest BCUT2D eigenvalue weighted by Crippen LogP contribution is -2.57. The van der Waals surface area contributed by atoms with E-state index >= 15 is 0 Å². The summed E-state index contributed by atoms with van der Waals surface area (Å²) in [4.78, 5) is 28.2. The normalized spacial score (nSPS) is 21.9. The first-order chi connectivity index (χ1) is 13.4. The third kappa shape index (κ3) is 4.94. The van der Waals surface area contributed by atoms with Crippen LogP contribution >= 0.6 is 15.9 Å². The Bertz CT molecular complexity index is 731. The highest BCUT2D eigenvalue weighted by Gasteiger charge is 2.42. The van der Waals surface area contributed by atoms with Crippen LogP contribution in [0, 0.1) is 11.7 Å². The zero-order chi connectivity index (χ0) is 20.3. The van der Waals surface area contributed by atoms with Gasteiger partial charge in [0.25, 0.3) is 0 Å². The van der Waals surface area contributed by atoms with E-state index < -0.39 is 6.09 Å². The van der Waals surface area contributed by atoms with E-state index in [-0.39, 0.29) is 43.0 Å². The molecule has 154 valence electrons. The molecule has 1 aliphatic heterocycles. The molecule has 3 amide bonds. The Morgan fingerprint density at radius 3 is 2.71 bits per heavy atom. The number of aliphatic hydroxyl groups is 1. The van der Waals surface area contributed by atoms with Crippen LogP contribution in [0.2, 0.25) is 0 Å². The van der Waals surface area contributed by atoms with Crippen LogP contribution in [0.1, 0.15) is 24.8 Å². The van der Waals surface area contributed by atoms with Gasteiger partial charge in [-0.1, -0.05) is 22.0 Å². The summed E-state index contributed by atoms with van der Waals surface area (Å²) in [5.41, 5.74) is 0.403. The summed E-state index contributed by atoms with van der Waals surface area (Å²) in [6.45, 7) is 0.788. The molecule has 0 bridgehead atoms. The Labute approximate surface area is 171 Å². The van der Waals surface area contributed by atoms with E-state index in [1.54, 1.807) is 17.0 Å². The Morgan fingerprint density at radius 1 is 1.36 bits per heavy atom. The number of benzene rings is 1. The predicted molar refractivity (Wildman–Crippen MR) is 104 cm³/mol. The maximum Gasteiger partial charge on any atom is 0.409 e. The van der Waals surface area contributed by atoms with Crippen molar-refractivity contribution in [1.29, 1.82) is 0 Å². The lowest BCUT2D eigenvalue weighted by Gasteiger charge is -2.41. The van der Waals surface area contributed by atoms with Gasteiger partial charge in [-0.3, -0.25) is 0 Å². The van der Waals surface area contributed by atoms with Crippen molar-refractivity contribution in [3.05, 3.63) is 34.1 Å². The zero-order valence-electron chi connectivity index (χ0n) is 15.7. The van der Waals surface area contributed by atoms with Crippen molar-refractivity contribution in [1.82, 2.24) is 15.1 Å². The fraction of sp³-hybridized carbons (Fsp3) is 0.579. The maximum atomic E-state index is 14.0. The molecule has 2 fully saturated rings. The Kier molecular flexibility index (Phi) is 6.77. The number of nitrogens with one attached hydrogen (secondary N) is 1. The molecule has 1 saturated carbocycles. The van der Waals surface area contributed by atoms with Gasteiger partial charge < -0.3 is 25.0 Å². The molecule has 1 heterocycles. The van der Waals surface area contributed by atoms with Crippen LogP contribution in [0.25, 0.3) is 0 Å². The molecule has 1 saturated heterocycles. The molecular weight excluding hydrogens is 433 g/mol. The van der Waals surface area contributed by atoms with Gasteiger partial charge in [-0.25, -0.2) is 14.0 Å². The summed E-state index contributed by atoms with van der Waals surface area (Å²) in [7, 11) is 1.32. The van der Waals surface area contributed by atoms with Gasteiger partial charge in [-0.05, 0) is 31.4 Å². The lowest BCUT2D eigenvalue weighted by molar-refractivity contribution is 0.0464. The summed E-state index contributed by atoms with van der Waals surface area (Å²) in [5, 5.41) is 12.4. The molecule has 0 radical (unpaired) electrons. The van der Waals surface area contributed by atoms with E-state index in [9.17, 15) is 19.1 Å². The van der Waals surface area contributed by atoms with Gasteiger partial charge in [0.15, 0.2) is 0 Å². The fourth-order valence-corrected chi connectivity index (χ4v) is 4.03. The molecule has 1 aromatic rings. The van der Waals surface area contributed by atoms with Gasteiger partial charge in [0.1, 0.15) is 5.82 Å². The van der Waals surface area contributed by atoms with Crippen LogP contribution in [-0.4, -0.2) is 65.9 Å². The number of likely N-dealkylation sites (tertiary alicyclic amines) is 1. The molecule has 2 atom stereocenters. The molecule has 0 spiro atoms. The number of hydrogen-bond donors (Lipinski definition) is 2. The maximum absolute atomic E-state index is 14.0. The van der Waals surface area contributed by atoms with Crippen molar-refractivity contribution in [2.24, 2.45) is 5.92 Å². The summed E-state index contributed by atoms with van der Waals surface area (Å²) in [6.07, 6.45) is 1.95. The molecular formula is C19H25BrFN3O4. The number of methoxy groups -OCH3 is 1. The van der Waals surface area contributed by atoms with E-state index in [1.807, 2.05) is 0 Å². The second-order valence-corrected chi connectivity index (χ2v) is 8.26. The Hall–Kier alpha value is -1.87. The number of carbonyl (C=O) groups is 2. The van der Waals surface area contributed by atoms with Crippen molar-refractivity contribution in [3.8, 4) is 0 Å². The van der Waals surface area contributed by atoms with Crippen molar-refractivity contribution in [3.63, 3.8) is 0 Å². The second kappa shape index (κ2) is 9.09. The molecule has 7 nitrogen and oxygen atoms in total. The number of piperidine rings is 1. The minimum absolute atomic E-state index is 0.0613. The van der Waals surface area contributed by atoms with Gasteiger partial charge in [0, 0.05) is 48.2 Å². The first-order valence-corrected chi connectivity index (χ1v) is 10.2. The number of ether oxygens (including phenoxy) is 1. The number of hydrogen-bond acceptors (Lipinski definition) is 4. The number of amides is 3. The predicted octanol–water partition coefficient (Wildman–Crippen LogP) is 2.71. The highest BCUT2D eigenvalue weighted by molar-refractivity contribution is 9.10. The van der Waals surface area contributed by atoms with E-state index in [0.717, 1.165) is 12.8 Å². The Balaban J connectivity index is 1.69. The molecule has 2 unspecified atom stereocenters. The second-order valence-electron chi connectivity index (χ2n) is 7.35. The average molecular weight is 458 g/mol. The standard InChI is InChI=1S/C19H25BrFN3O4/c1-28-19(27)23-9-12(11-25)6-16(10-23)24(15-4-5-15)18(26)22-8-13-2-3-14(20)7-17(13)21/h2-3,7,12,15-16,25H,4-6,8-11H2,1H3,(H,22,26). The first-order valence-electron chi connectivity index (χ1n) is 9.36. The molecule has 1 aliphatic carbocycles. The first kappa shape index (κ1) is 20.9. The van der Waals surface area contributed by atoms with Crippen LogP contribution in [0.4, 0.5) is 14.0 Å². The van der Waals surface area contributed by atoms with Crippen LogP contribution in [0.3, 0.4) is 0 Å². The minimum atomic E-state index is -0.462. The van der Waals surface area contributed by atoms with Crippen molar-refractivity contribution >= 4 is 28.1 Å². The van der Waals surface area contributed by atoms with Gasteiger partial charge in [0.2, 0.25) is 0 Å². The van der Waals surface area contributed by atoms with Gasteiger partial charge in [0.05, 0.1) is 13.2 Å².